The van der Waals surface area contributed by atoms with E-state index in [9.17, 15) is 4.79 Å². The molecule has 2 N–H and O–H groups in total. The van der Waals surface area contributed by atoms with E-state index in [4.69, 9.17) is 10.5 Å². The molecule has 0 aliphatic carbocycles. The Morgan fingerprint density at radius 3 is 2.48 bits per heavy atom. The lowest BCUT2D eigenvalue weighted by atomic mass is 10.1. The van der Waals surface area contributed by atoms with Gasteiger partial charge in [-0.1, -0.05) is 30.3 Å². The van der Waals surface area contributed by atoms with Gasteiger partial charge in [0.2, 0.25) is 0 Å². The summed E-state index contributed by atoms with van der Waals surface area (Å²) in [4.78, 5) is 16.8. The van der Waals surface area contributed by atoms with Crippen LogP contribution in [0.1, 0.15) is 22.8 Å². The van der Waals surface area contributed by atoms with E-state index < -0.39 is 0 Å². The van der Waals surface area contributed by atoms with Crippen LogP contribution in [0, 0.1) is 0 Å². The Balaban J connectivity index is 1.63. The first-order chi connectivity index (χ1) is 12.2. The molecule has 132 valence electrons. The van der Waals surface area contributed by atoms with Gasteiger partial charge in [-0.15, -0.1) is 0 Å². The van der Waals surface area contributed by atoms with E-state index in [1.54, 1.807) is 13.0 Å². The SMILES string of the molecule is CCOC(=O)c1cc(N2CCN(Cc3ccccc3)CC2)ccc1N. The highest BCUT2D eigenvalue weighted by molar-refractivity contribution is 5.96. The summed E-state index contributed by atoms with van der Waals surface area (Å²) in [6.45, 7) is 6.97. The summed E-state index contributed by atoms with van der Waals surface area (Å²) >= 11 is 0. The van der Waals surface area contributed by atoms with Gasteiger partial charge in [0.25, 0.3) is 0 Å². The number of nitrogens with two attached hydrogens (primary N) is 1. The molecule has 1 aliphatic rings. The molecular formula is C20H25N3O2. The first-order valence-corrected chi connectivity index (χ1v) is 8.75. The summed E-state index contributed by atoms with van der Waals surface area (Å²) in [6, 6.07) is 16.1. The Kier molecular flexibility index (Phi) is 5.56. The normalized spacial score (nSPS) is 15.2. The molecule has 1 heterocycles. The quantitative estimate of drug-likeness (QED) is 0.670. The fourth-order valence-electron chi connectivity index (χ4n) is 3.13. The van der Waals surface area contributed by atoms with Gasteiger partial charge in [-0.3, -0.25) is 4.90 Å². The lowest BCUT2D eigenvalue weighted by Crippen LogP contribution is -2.46. The van der Waals surface area contributed by atoms with Crippen molar-refractivity contribution >= 4 is 17.3 Å². The monoisotopic (exact) mass is 339 g/mol. The number of piperazine rings is 1. The van der Waals surface area contributed by atoms with Crippen molar-refractivity contribution in [3.05, 3.63) is 59.7 Å². The Bertz CT molecular complexity index is 710. The number of rotatable bonds is 5. The minimum Gasteiger partial charge on any atom is -0.462 e. The molecule has 0 unspecified atom stereocenters. The second-order valence-electron chi connectivity index (χ2n) is 6.24. The Morgan fingerprint density at radius 1 is 1.08 bits per heavy atom. The van der Waals surface area contributed by atoms with Gasteiger partial charge in [0.05, 0.1) is 12.2 Å². The van der Waals surface area contributed by atoms with Crippen molar-refractivity contribution in [1.82, 2.24) is 4.90 Å². The second-order valence-corrected chi connectivity index (χ2v) is 6.24. The van der Waals surface area contributed by atoms with Crippen molar-refractivity contribution in [3.8, 4) is 0 Å². The van der Waals surface area contributed by atoms with Crippen molar-refractivity contribution < 1.29 is 9.53 Å². The van der Waals surface area contributed by atoms with Crippen LogP contribution in [-0.4, -0.2) is 43.7 Å². The predicted molar refractivity (Wildman–Crippen MR) is 101 cm³/mol. The molecule has 0 amide bonds. The molecule has 2 aromatic rings. The number of anilines is 2. The fraction of sp³-hybridized carbons (Fsp3) is 0.350. The standard InChI is InChI=1S/C20H25N3O2/c1-2-25-20(24)18-14-17(8-9-19(18)21)23-12-10-22(11-13-23)15-16-6-4-3-5-7-16/h3-9,14H,2,10-13,15,21H2,1H3. The van der Waals surface area contributed by atoms with Crippen LogP contribution in [-0.2, 0) is 11.3 Å². The average Bonchev–Trinajstić information content (AvgIpc) is 2.64. The van der Waals surface area contributed by atoms with E-state index in [1.165, 1.54) is 5.56 Å². The molecule has 3 rings (SSSR count). The van der Waals surface area contributed by atoms with Crippen molar-refractivity contribution in [3.63, 3.8) is 0 Å². The van der Waals surface area contributed by atoms with Crippen LogP contribution < -0.4 is 10.6 Å². The third-order valence-electron chi connectivity index (χ3n) is 4.52. The lowest BCUT2D eigenvalue weighted by molar-refractivity contribution is 0.0527. The lowest BCUT2D eigenvalue weighted by Gasteiger charge is -2.36. The molecule has 0 aromatic heterocycles. The molecule has 0 radical (unpaired) electrons. The molecule has 5 heteroatoms. The smallest absolute Gasteiger partial charge is 0.340 e. The van der Waals surface area contributed by atoms with E-state index in [0.29, 0.717) is 17.9 Å². The van der Waals surface area contributed by atoms with Gasteiger partial charge in [0.15, 0.2) is 0 Å². The molecule has 0 atom stereocenters. The number of carbonyl (C=O) groups excluding carboxylic acids is 1. The Hall–Kier alpha value is -2.53. The molecule has 2 aromatic carbocycles. The number of hydrogen-bond donors (Lipinski definition) is 1. The molecule has 25 heavy (non-hydrogen) atoms. The highest BCUT2D eigenvalue weighted by Gasteiger charge is 2.19. The third kappa shape index (κ3) is 4.31. The van der Waals surface area contributed by atoms with Crippen LogP contribution in [0.4, 0.5) is 11.4 Å². The fourth-order valence-corrected chi connectivity index (χ4v) is 3.13. The molecule has 1 fully saturated rings. The summed E-state index contributed by atoms with van der Waals surface area (Å²) in [6.07, 6.45) is 0. The zero-order valence-electron chi connectivity index (χ0n) is 14.6. The number of esters is 1. The van der Waals surface area contributed by atoms with Crippen molar-refractivity contribution in [1.29, 1.82) is 0 Å². The summed E-state index contributed by atoms with van der Waals surface area (Å²) in [5.41, 5.74) is 9.21. The second kappa shape index (κ2) is 8.03. The van der Waals surface area contributed by atoms with Gasteiger partial charge in [0.1, 0.15) is 0 Å². The maximum Gasteiger partial charge on any atom is 0.340 e. The number of benzene rings is 2. The number of ether oxygens (including phenoxy) is 1. The van der Waals surface area contributed by atoms with Crippen LogP contribution in [0.15, 0.2) is 48.5 Å². The van der Waals surface area contributed by atoms with Crippen LogP contribution in [0.3, 0.4) is 0 Å². The van der Waals surface area contributed by atoms with Crippen molar-refractivity contribution in [2.24, 2.45) is 0 Å². The van der Waals surface area contributed by atoms with Gasteiger partial charge in [-0.05, 0) is 30.7 Å². The topological polar surface area (TPSA) is 58.8 Å². The number of nitrogens with zero attached hydrogens (tertiary/aromatic N) is 2. The molecule has 0 saturated carbocycles. The number of hydrogen-bond acceptors (Lipinski definition) is 5. The minimum absolute atomic E-state index is 0.348. The van der Waals surface area contributed by atoms with Gasteiger partial charge in [0, 0.05) is 44.1 Å². The van der Waals surface area contributed by atoms with E-state index >= 15 is 0 Å². The van der Waals surface area contributed by atoms with E-state index in [-0.39, 0.29) is 5.97 Å². The summed E-state index contributed by atoms with van der Waals surface area (Å²) in [5.74, 6) is -0.357. The van der Waals surface area contributed by atoms with Crippen LogP contribution >= 0.6 is 0 Å². The number of nitrogen functional groups attached to an aromatic ring is 1. The maximum absolute atomic E-state index is 12.0. The molecule has 0 spiro atoms. The zero-order chi connectivity index (χ0) is 17.6. The molecular weight excluding hydrogens is 314 g/mol. The summed E-state index contributed by atoms with van der Waals surface area (Å²) in [7, 11) is 0. The highest BCUT2D eigenvalue weighted by atomic mass is 16.5. The largest absolute Gasteiger partial charge is 0.462 e. The van der Waals surface area contributed by atoms with Crippen molar-refractivity contribution in [2.75, 3.05) is 43.4 Å². The Morgan fingerprint density at radius 2 is 1.80 bits per heavy atom. The van der Waals surface area contributed by atoms with E-state index in [1.807, 2.05) is 18.2 Å². The predicted octanol–water partition coefficient (Wildman–Crippen LogP) is 2.77. The first kappa shape index (κ1) is 17.3. The van der Waals surface area contributed by atoms with Gasteiger partial charge >= 0.3 is 5.97 Å². The number of carbonyl (C=O) groups is 1. The molecule has 1 saturated heterocycles. The highest BCUT2D eigenvalue weighted by Crippen LogP contribution is 2.23. The average molecular weight is 339 g/mol. The van der Waals surface area contributed by atoms with Gasteiger partial charge < -0.3 is 15.4 Å². The summed E-state index contributed by atoms with van der Waals surface area (Å²) in [5, 5.41) is 0. The maximum atomic E-state index is 12.0. The molecule has 0 bridgehead atoms. The molecule has 5 nitrogen and oxygen atoms in total. The van der Waals surface area contributed by atoms with Crippen molar-refractivity contribution in [2.45, 2.75) is 13.5 Å². The van der Waals surface area contributed by atoms with Gasteiger partial charge in [-0.2, -0.15) is 0 Å². The van der Waals surface area contributed by atoms with Gasteiger partial charge in [-0.25, -0.2) is 4.79 Å². The minimum atomic E-state index is -0.357. The van der Waals surface area contributed by atoms with Crippen LogP contribution in [0.5, 0.6) is 0 Å². The van der Waals surface area contributed by atoms with E-state index in [2.05, 4.69) is 34.1 Å². The first-order valence-electron chi connectivity index (χ1n) is 8.75. The van der Waals surface area contributed by atoms with Crippen LogP contribution in [0.25, 0.3) is 0 Å². The third-order valence-corrected chi connectivity index (χ3v) is 4.52. The zero-order valence-corrected chi connectivity index (χ0v) is 14.6. The Labute approximate surface area is 149 Å². The van der Waals surface area contributed by atoms with Crippen LogP contribution in [0.2, 0.25) is 0 Å². The summed E-state index contributed by atoms with van der Waals surface area (Å²) < 4.78 is 5.09. The van der Waals surface area contributed by atoms with E-state index in [0.717, 1.165) is 38.4 Å². The molecule has 1 aliphatic heterocycles.